The Morgan fingerprint density at radius 2 is 2.00 bits per heavy atom. The second-order valence-electron chi connectivity index (χ2n) is 4.55. The molecule has 0 saturated carbocycles. The lowest BCUT2D eigenvalue weighted by Crippen LogP contribution is -2.48. The molecule has 5 nitrogen and oxygen atoms in total. The van der Waals surface area contributed by atoms with E-state index in [1.54, 1.807) is 33.8 Å². The summed E-state index contributed by atoms with van der Waals surface area (Å²) >= 11 is 0. The number of urea groups is 1. The standard InChI is InChI=1S/C9H16N3O2/c1-8(2)5-6(11-7(10)13)9(3,4)12(8)14/h5H,1-4H3,(H3,10,11,13)/q-1. The predicted octanol–water partition coefficient (Wildman–Crippen LogP) is 0.909. The molecule has 0 radical (unpaired) electrons. The Balaban J connectivity index is 3.00. The summed E-state index contributed by atoms with van der Waals surface area (Å²) in [5, 5.41) is 15.2. The molecule has 1 heterocycles. The summed E-state index contributed by atoms with van der Waals surface area (Å²) in [4.78, 5) is 10.7. The van der Waals surface area contributed by atoms with Crippen LogP contribution < -0.4 is 11.1 Å². The summed E-state index contributed by atoms with van der Waals surface area (Å²) in [6.07, 6.45) is 1.73. The number of nitrogens with zero attached hydrogens (tertiary/aromatic N) is 1. The maximum absolute atomic E-state index is 11.8. The molecule has 1 rings (SSSR count). The molecule has 0 unspecified atom stereocenters. The monoisotopic (exact) mass is 198 g/mol. The van der Waals surface area contributed by atoms with E-state index in [2.05, 4.69) is 5.32 Å². The van der Waals surface area contributed by atoms with Crippen molar-refractivity contribution in [2.45, 2.75) is 38.8 Å². The highest BCUT2D eigenvalue weighted by molar-refractivity contribution is 5.74. The van der Waals surface area contributed by atoms with E-state index in [1.165, 1.54) is 0 Å². The smallest absolute Gasteiger partial charge is 0.316 e. The molecule has 0 aliphatic carbocycles. The predicted molar refractivity (Wildman–Crippen MR) is 54.2 cm³/mol. The molecular formula is C9H16N3O2-. The van der Waals surface area contributed by atoms with Crippen molar-refractivity contribution in [3.8, 4) is 0 Å². The molecule has 0 aromatic carbocycles. The molecule has 0 atom stereocenters. The zero-order valence-corrected chi connectivity index (χ0v) is 8.92. The minimum absolute atomic E-state index is 0.560. The number of rotatable bonds is 1. The van der Waals surface area contributed by atoms with Gasteiger partial charge in [-0.05, 0) is 33.8 Å². The summed E-state index contributed by atoms with van der Waals surface area (Å²) in [6, 6.07) is -0.643. The van der Waals surface area contributed by atoms with Crippen LogP contribution in [0.25, 0.3) is 0 Å². The molecule has 3 N–H and O–H groups in total. The minimum atomic E-state index is -0.738. The second-order valence-corrected chi connectivity index (χ2v) is 4.55. The lowest BCUT2D eigenvalue weighted by molar-refractivity contribution is 0.155. The summed E-state index contributed by atoms with van der Waals surface area (Å²) in [5.41, 5.74) is 4.23. The van der Waals surface area contributed by atoms with E-state index in [1.807, 2.05) is 0 Å². The average Bonchev–Trinajstić information content (AvgIpc) is 2.12. The first-order chi connectivity index (χ1) is 6.18. The van der Waals surface area contributed by atoms with E-state index in [4.69, 9.17) is 5.73 Å². The van der Waals surface area contributed by atoms with Gasteiger partial charge in [-0.3, -0.25) is 0 Å². The number of carbonyl (C=O) groups is 1. The van der Waals surface area contributed by atoms with Crippen molar-refractivity contribution in [3.63, 3.8) is 0 Å². The Labute approximate surface area is 83.5 Å². The van der Waals surface area contributed by atoms with Gasteiger partial charge >= 0.3 is 6.03 Å². The lowest BCUT2D eigenvalue weighted by atomic mass is 10.0. The maximum atomic E-state index is 11.8. The molecule has 0 fully saturated rings. The van der Waals surface area contributed by atoms with Crippen LogP contribution in [0.1, 0.15) is 27.7 Å². The van der Waals surface area contributed by atoms with Gasteiger partial charge in [0.15, 0.2) is 0 Å². The van der Waals surface area contributed by atoms with Crippen molar-refractivity contribution in [2.75, 3.05) is 0 Å². The Morgan fingerprint density at radius 3 is 2.29 bits per heavy atom. The average molecular weight is 198 g/mol. The van der Waals surface area contributed by atoms with E-state index in [-0.39, 0.29) is 0 Å². The van der Waals surface area contributed by atoms with Gasteiger partial charge in [-0.2, -0.15) is 0 Å². The lowest BCUT2D eigenvalue weighted by Gasteiger charge is -2.47. The van der Waals surface area contributed by atoms with Gasteiger partial charge in [0.25, 0.3) is 0 Å². The third-order valence-corrected chi connectivity index (χ3v) is 2.45. The van der Waals surface area contributed by atoms with Crippen LogP contribution >= 0.6 is 0 Å². The van der Waals surface area contributed by atoms with E-state index in [9.17, 15) is 10.0 Å². The first kappa shape index (κ1) is 11.0. The van der Waals surface area contributed by atoms with Gasteiger partial charge in [0, 0.05) is 16.8 Å². The fraction of sp³-hybridized carbons (Fsp3) is 0.667. The first-order valence-corrected chi connectivity index (χ1v) is 4.45. The molecule has 0 saturated heterocycles. The number of hydrogen-bond acceptors (Lipinski definition) is 3. The quantitative estimate of drug-likeness (QED) is 0.657. The summed E-state index contributed by atoms with van der Waals surface area (Å²) in [5.74, 6) is 0. The third kappa shape index (κ3) is 1.60. The van der Waals surface area contributed by atoms with Crippen LogP contribution in [0, 0.1) is 5.21 Å². The van der Waals surface area contributed by atoms with Crippen molar-refractivity contribution in [3.05, 3.63) is 17.0 Å². The van der Waals surface area contributed by atoms with Crippen molar-refractivity contribution >= 4 is 6.03 Å². The minimum Gasteiger partial charge on any atom is -0.784 e. The van der Waals surface area contributed by atoms with Gasteiger partial charge in [0.2, 0.25) is 0 Å². The van der Waals surface area contributed by atoms with Gasteiger partial charge < -0.3 is 21.3 Å². The molecule has 0 aromatic heterocycles. The van der Waals surface area contributed by atoms with Gasteiger partial charge in [0.05, 0.1) is 0 Å². The Morgan fingerprint density at radius 1 is 1.50 bits per heavy atom. The van der Waals surface area contributed by atoms with Crippen LogP contribution in [0.4, 0.5) is 4.79 Å². The number of hydrogen-bond donors (Lipinski definition) is 2. The van der Waals surface area contributed by atoms with Crippen molar-refractivity contribution in [1.82, 2.24) is 10.4 Å². The van der Waals surface area contributed by atoms with Crippen molar-refractivity contribution in [2.24, 2.45) is 5.73 Å². The molecule has 0 aromatic rings. The maximum Gasteiger partial charge on any atom is 0.316 e. The van der Waals surface area contributed by atoms with Crippen LogP contribution in [-0.4, -0.2) is 22.2 Å². The fourth-order valence-corrected chi connectivity index (χ4v) is 1.74. The fourth-order valence-electron chi connectivity index (χ4n) is 1.74. The number of primary amides is 1. The van der Waals surface area contributed by atoms with Crippen LogP contribution in [0.15, 0.2) is 11.8 Å². The van der Waals surface area contributed by atoms with E-state index in [0.717, 1.165) is 5.06 Å². The number of hydroxylamine groups is 2. The third-order valence-electron chi connectivity index (χ3n) is 2.45. The number of nitrogens with two attached hydrogens (primary N) is 1. The molecule has 0 bridgehead atoms. The molecule has 5 heteroatoms. The van der Waals surface area contributed by atoms with Gasteiger partial charge in [-0.25, -0.2) is 4.79 Å². The van der Waals surface area contributed by atoms with E-state index >= 15 is 0 Å². The topological polar surface area (TPSA) is 81.4 Å². The van der Waals surface area contributed by atoms with Crippen molar-refractivity contribution in [1.29, 1.82) is 0 Å². The largest absolute Gasteiger partial charge is 0.784 e. The molecule has 1 aliphatic rings. The molecular weight excluding hydrogens is 182 g/mol. The zero-order chi connectivity index (χ0) is 11.1. The molecule has 1 aliphatic heterocycles. The summed E-state index contributed by atoms with van der Waals surface area (Å²) < 4.78 is 0. The Bertz CT molecular complexity index is 294. The molecule has 14 heavy (non-hydrogen) atoms. The number of amides is 2. The number of carbonyl (C=O) groups excluding carboxylic acids is 1. The van der Waals surface area contributed by atoms with E-state index < -0.39 is 17.1 Å². The molecule has 2 amide bonds. The van der Waals surface area contributed by atoms with Crippen LogP contribution in [0.2, 0.25) is 0 Å². The first-order valence-electron chi connectivity index (χ1n) is 4.45. The Kier molecular flexibility index (Phi) is 2.33. The normalized spacial score (nSPS) is 24.5. The van der Waals surface area contributed by atoms with Crippen LogP contribution in [0.5, 0.6) is 0 Å². The highest BCUT2D eigenvalue weighted by Gasteiger charge is 2.40. The Hall–Kier alpha value is -1.07. The van der Waals surface area contributed by atoms with Crippen molar-refractivity contribution < 1.29 is 4.79 Å². The van der Waals surface area contributed by atoms with Gasteiger partial charge in [-0.1, -0.05) is 0 Å². The summed E-state index contributed by atoms with van der Waals surface area (Å²) in [7, 11) is 0. The highest BCUT2D eigenvalue weighted by atomic mass is 16.5. The van der Waals surface area contributed by atoms with E-state index in [0.29, 0.717) is 5.70 Å². The zero-order valence-electron chi connectivity index (χ0n) is 8.92. The van der Waals surface area contributed by atoms with Crippen LogP contribution in [-0.2, 0) is 0 Å². The highest BCUT2D eigenvalue weighted by Crippen LogP contribution is 2.37. The number of nitrogens with one attached hydrogen (secondary N) is 1. The second kappa shape index (κ2) is 2.96. The van der Waals surface area contributed by atoms with Crippen LogP contribution in [0.3, 0.4) is 0 Å². The molecule has 0 spiro atoms. The molecule has 80 valence electrons. The van der Waals surface area contributed by atoms with Gasteiger partial charge in [0.1, 0.15) is 0 Å². The summed E-state index contributed by atoms with van der Waals surface area (Å²) in [6.45, 7) is 7.07. The van der Waals surface area contributed by atoms with Gasteiger partial charge in [-0.15, -0.1) is 0 Å². The SMILES string of the molecule is CC1(C)C=C(NC(N)=O)C(C)(C)N1[O-].